The third-order valence-electron chi connectivity index (χ3n) is 4.49. The molecule has 1 N–H and O–H groups in total. The van der Waals surface area contributed by atoms with Crippen LogP contribution in [0, 0.1) is 11.8 Å². The SMILES string of the molecule is O=C(C1CNCCO1)N1CC2CCCCC2C1. The summed E-state index contributed by atoms with van der Waals surface area (Å²) in [5.74, 6) is 1.75. The Morgan fingerprint density at radius 3 is 2.47 bits per heavy atom. The van der Waals surface area contributed by atoms with Crippen LogP contribution in [-0.4, -0.2) is 49.7 Å². The van der Waals surface area contributed by atoms with Crippen LogP contribution in [0.1, 0.15) is 25.7 Å². The number of ether oxygens (including phenoxy) is 1. The van der Waals surface area contributed by atoms with Crippen LogP contribution in [0.15, 0.2) is 0 Å². The van der Waals surface area contributed by atoms with E-state index in [2.05, 4.69) is 10.2 Å². The lowest BCUT2D eigenvalue weighted by atomic mass is 9.82. The minimum atomic E-state index is -0.232. The number of nitrogens with one attached hydrogen (secondary N) is 1. The van der Waals surface area contributed by atoms with Crippen LogP contribution in [0.25, 0.3) is 0 Å². The lowest BCUT2D eigenvalue weighted by Crippen LogP contribution is -2.48. The van der Waals surface area contributed by atoms with Gasteiger partial charge in [0.25, 0.3) is 5.91 Å². The van der Waals surface area contributed by atoms with Gasteiger partial charge in [0, 0.05) is 26.2 Å². The van der Waals surface area contributed by atoms with E-state index in [1.54, 1.807) is 0 Å². The molecular formula is C13H22N2O2. The van der Waals surface area contributed by atoms with Gasteiger partial charge < -0.3 is 15.0 Å². The molecule has 3 aliphatic rings. The van der Waals surface area contributed by atoms with Crippen molar-refractivity contribution in [2.24, 2.45) is 11.8 Å². The maximum atomic E-state index is 12.3. The Hall–Kier alpha value is -0.610. The highest BCUT2D eigenvalue weighted by Crippen LogP contribution is 2.36. The third-order valence-corrected chi connectivity index (χ3v) is 4.49. The van der Waals surface area contributed by atoms with Crippen molar-refractivity contribution in [3.63, 3.8) is 0 Å². The van der Waals surface area contributed by atoms with Gasteiger partial charge in [-0.2, -0.15) is 0 Å². The highest BCUT2D eigenvalue weighted by molar-refractivity contribution is 5.81. The number of rotatable bonds is 1. The minimum absolute atomic E-state index is 0.214. The predicted octanol–water partition coefficient (Wildman–Crippen LogP) is 0.623. The fourth-order valence-corrected chi connectivity index (χ4v) is 3.51. The van der Waals surface area contributed by atoms with E-state index in [9.17, 15) is 4.79 Å². The smallest absolute Gasteiger partial charge is 0.253 e. The van der Waals surface area contributed by atoms with E-state index < -0.39 is 0 Å². The van der Waals surface area contributed by atoms with Gasteiger partial charge in [-0.3, -0.25) is 4.79 Å². The molecule has 0 radical (unpaired) electrons. The summed E-state index contributed by atoms with van der Waals surface area (Å²) in [4.78, 5) is 14.4. The first kappa shape index (κ1) is 11.5. The molecule has 2 saturated heterocycles. The number of hydrogen-bond acceptors (Lipinski definition) is 3. The first-order valence-electron chi connectivity index (χ1n) is 6.95. The summed E-state index contributed by atoms with van der Waals surface area (Å²) in [6.45, 7) is 4.17. The molecule has 4 heteroatoms. The summed E-state index contributed by atoms with van der Waals surface area (Å²) in [6.07, 6.45) is 5.11. The summed E-state index contributed by atoms with van der Waals surface area (Å²) >= 11 is 0. The molecule has 96 valence electrons. The standard InChI is InChI=1S/C13H22N2O2/c16-13(12-7-14-5-6-17-12)15-8-10-3-1-2-4-11(10)9-15/h10-12,14H,1-9H2. The zero-order valence-electron chi connectivity index (χ0n) is 10.4. The van der Waals surface area contributed by atoms with Crippen LogP contribution < -0.4 is 5.32 Å². The van der Waals surface area contributed by atoms with Gasteiger partial charge in [0.05, 0.1) is 6.61 Å². The second-order valence-corrected chi connectivity index (χ2v) is 5.61. The van der Waals surface area contributed by atoms with Crippen LogP contribution >= 0.6 is 0 Å². The first-order valence-corrected chi connectivity index (χ1v) is 6.95. The van der Waals surface area contributed by atoms with E-state index in [-0.39, 0.29) is 12.0 Å². The molecule has 1 saturated carbocycles. The number of fused-ring (bicyclic) bond motifs is 1. The van der Waals surface area contributed by atoms with E-state index in [1.807, 2.05) is 0 Å². The molecule has 3 fully saturated rings. The predicted molar refractivity (Wildman–Crippen MR) is 64.6 cm³/mol. The molecule has 4 nitrogen and oxygen atoms in total. The van der Waals surface area contributed by atoms with E-state index in [1.165, 1.54) is 25.7 Å². The van der Waals surface area contributed by atoms with E-state index in [0.29, 0.717) is 13.2 Å². The van der Waals surface area contributed by atoms with Crippen LogP contribution in [-0.2, 0) is 9.53 Å². The van der Waals surface area contributed by atoms with Gasteiger partial charge in [-0.15, -0.1) is 0 Å². The summed E-state index contributed by atoms with van der Waals surface area (Å²) in [6, 6.07) is 0. The Labute approximate surface area is 103 Å². The number of hydrogen-bond donors (Lipinski definition) is 1. The first-order chi connectivity index (χ1) is 8.34. The topological polar surface area (TPSA) is 41.6 Å². The van der Waals surface area contributed by atoms with Crippen LogP contribution in [0.4, 0.5) is 0 Å². The fraction of sp³-hybridized carbons (Fsp3) is 0.923. The molecule has 0 aromatic carbocycles. The normalized spacial score (nSPS) is 37.9. The largest absolute Gasteiger partial charge is 0.366 e. The molecule has 3 rings (SSSR count). The Balaban J connectivity index is 1.59. The number of carbonyl (C=O) groups excluding carboxylic acids is 1. The number of morpholine rings is 1. The fourth-order valence-electron chi connectivity index (χ4n) is 3.51. The Morgan fingerprint density at radius 2 is 1.88 bits per heavy atom. The van der Waals surface area contributed by atoms with Gasteiger partial charge in [-0.25, -0.2) is 0 Å². The Morgan fingerprint density at radius 1 is 1.18 bits per heavy atom. The van der Waals surface area contributed by atoms with Crippen molar-refractivity contribution >= 4 is 5.91 Å². The maximum Gasteiger partial charge on any atom is 0.253 e. The van der Waals surface area contributed by atoms with Gasteiger partial charge >= 0.3 is 0 Å². The molecule has 0 aromatic heterocycles. The van der Waals surface area contributed by atoms with Crippen LogP contribution in [0.3, 0.4) is 0 Å². The lowest BCUT2D eigenvalue weighted by molar-refractivity contribution is -0.144. The van der Waals surface area contributed by atoms with Crippen molar-refractivity contribution in [2.75, 3.05) is 32.8 Å². The Bertz CT molecular complexity index is 275. The second kappa shape index (κ2) is 4.94. The van der Waals surface area contributed by atoms with Crippen molar-refractivity contribution in [2.45, 2.75) is 31.8 Å². The summed E-state index contributed by atoms with van der Waals surface area (Å²) < 4.78 is 5.55. The van der Waals surface area contributed by atoms with Crippen LogP contribution in [0.5, 0.6) is 0 Å². The number of amides is 1. The van der Waals surface area contributed by atoms with E-state index in [0.717, 1.165) is 31.5 Å². The molecule has 3 unspecified atom stereocenters. The average molecular weight is 238 g/mol. The zero-order chi connectivity index (χ0) is 11.7. The number of nitrogens with zero attached hydrogens (tertiary/aromatic N) is 1. The molecule has 2 heterocycles. The average Bonchev–Trinajstić information content (AvgIpc) is 2.82. The molecule has 3 atom stereocenters. The van der Waals surface area contributed by atoms with Gasteiger partial charge in [-0.1, -0.05) is 12.8 Å². The number of likely N-dealkylation sites (tertiary alicyclic amines) is 1. The van der Waals surface area contributed by atoms with Gasteiger partial charge in [0.2, 0.25) is 0 Å². The number of carbonyl (C=O) groups is 1. The summed E-state index contributed by atoms with van der Waals surface area (Å²) in [5, 5.41) is 3.23. The molecule has 0 spiro atoms. The third kappa shape index (κ3) is 2.33. The molecule has 17 heavy (non-hydrogen) atoms. The van der Waals surface area contributed by atoms with E-state index in [4.69, 9.17) is 4.74 Å². The molecule has 0 bridgehead atoms. The molecule has 1 aliphatic carbocycles. The summed E-state index contributed by atoms with van der Waals surface area (Å²) in [7, 11) is 0. The molecule has 1 amide bonds. The highest BCUT2D eigenvalue weighted by atomic mass is 16.5. The zero-order valence-corrected chi connectivity index (χ0v) is 10.4. The quantitative estimate of drug-likeness (QED) is 0.728. The van der Waals surface area contributed by atoms with Gasteiger partial charge in [0.15, 0.2) is 0 Å². The summed E-state index contributed by atoms with van der Waals surface area (Å²) in [5.41, 5.74) is 0. The minimum Gasteiger partial charge on any atom is -0.366 e. The molecule has 0 aromatic rings. The van der Waals surface area contributed by atoms with Crippen molar-refractivity contribution in [1.29, 1.82) is 0 Å². The van der Waals surface area contributed by atoms with Gasteiger partial charge in [0.1, 0.15) is 6.10 Å². The van der Waals surface area contributed by atoms with Crippen molar-refractivity contribution in [1.82, 2.24) is 10.2 Å². The maximum absolute atomic E-state index is 12.3. The molecular weight excluding hydrogens is 216 g/mol. The van der Waals surface area contributed by atoms with Crippen molar-refractivity contribution < 1.29 is 9.53 Å². The molecule has 2 aliphatic heterocycles. The van der Waals surface area contributed by atoms with Gasteiger partial charge in [-0.05, 0) is 24.7 Å². The lowest BCUT2D eigenvalue weighted by Gasteiger charge is -2.27. The van der Waals surface area contributed by atoms with E-state index >= 15 is 0 Å². The Kier molecular flexibility index (Phi) is 3.34. The monoisotopic (exact) mass is 238 g/mol. The van der Waals surface area contributed by atoms with Crippen molar-refractivity contribution in [3.05, 3.63) is 0 Å². The van der Waals surface area contributed by atoms with Crippen molar-refractivity contribution in [3.8, 4) is 0 Å². The van der Waals surface area contributed by atoms with Crippen LogP contribution in [0.2, 0.25) is 0 Å². The second-order valence-electron chi connectivity index (χ2n) is 5.61. The highest BCUT2D eigenvalue weighted by Gasteiger charge is 2.38.